The van der Waals surface area contributed by atoms with E-state index in [-0.39, 0.29) is 11.7 Å². The van der Waals surface area contributed by atoms with Gasteiger partial charge in [0.15, 0.2) is 0 Å². The number of phenols is 1. The zero-order valence-electron chi connectivity index (χ0n) is 13.0. The van der Waals surface area contributed by atoms with Gasteiger partial charge in [-0.3, -0.25) is 4.79 Å². The van der Waals surface area contributed by atoms with Crippen LogP contribution in [-0.4, -0.2) is 11.0 Å². The van der Waals surface area contributed by atoms with Crippen molar-refractivity contribution in [3.63, 3.8) is 0 Å². The molecule has 0 bridgehead atoms. The van der Waals surface area contributed by atoms with E-state index in [4.69, 9.17) is 0 Å². The number of hydrogen-bond acceptors (Lipinski definition) is 2. The monoisotopic (exact) mass is 277 g/mol. The zero-order chi connectivity index (χ0) is 15.0. The first kappa shape index (κ1) is 16.5. The third kappa shape index (κ3) is 5.64. The Morgan fingerprint density at radius 2 is 1.70 bits per heavy atom. The standard InChI is InChI=1S/C17H27NO2/c1-4-5-6-7-8-9-10-17(20)18-15-11-14(3)16(19)12-13(15)2/h11-12,19H,4-10H2,1-3H3,(H,18,20). The molecular formula is C17H27NO2. The van der Waals surface area contributed by atoms with Gasteiger partial charge in [-0.1, -0.05) is 39.0 Å². The fourth-order valence-corrected chi connectivity index (χ4v) is 2.21. The van der Waals surface area contributed by atoms with Gasteiger partial charge in [-0.15, -0.1) is 0 Å². The number of carbonyl (C=O) groups is 1. The van der Waals surface area contributed by atoms with Crippen molar-refractivity contribution in [2.75, 3.05) is 5.32 Å². The van der Waals surface area contributed by atoms with Crippen LogP contribution in [0.25, 0.3) is 0 Å². The van der Waals surface area contributed by atoms with Crippen LogP contribution in [0.3, 0.4) is 0 Å². The van der Waals surface area contributed by atoms with E-state index in [0.717, 1.165) is 29.7 Å². The fraction of sp³-hybridized carbons (Fsp3) is 0.588. The second kappa shape index (κ2) is 8.62. The molecule has 0 spiro atoms. The van der Waals surface area contributed by atoms with Crippen molar-refractivity contribution < 1.29 is 9.90 Å². The maximum atomic E-state index is 11.9. The lowest BCUT2D eigenvalue weighted by Gasteiger charge is -2.10. The smallest absolute Gasteiger partial charge is 0.224 e. The Bertz CT molecular complexity index is 441. The van der Waals surface area contributed by atoms with Gasteiger partial charge in [-0.05, 0) is 43.5 Å². The number of aryl methyl sites for hydroxylation is 2. The second-order valence-electron chi connectivity index (χ2n) is 5.52. The lowest BCUT2D eigenvalue weighted by Crippen LogP contribution is -2.12. The summed E-state index contributed by atoms with van der Waals surface area (Å²) in [5.74, 6) is 0.338. The number of unbranched alkanes of at least 4 members (excludes halogenated alkanes) is 5. The Morgan fingerprint density at radius 1 is 1.05 bits per heavy atom. The molecule has 20 heavy (non-hydrogen) atoms. The van der Waals surface area contributed by atoms with Gasteiger partial charge in [0.05, 0.1) is 0 Å². The van der Waals surface area contributed by atoms with Gasteiger partial charge in [0, 0.05) is 12.1 Å². The van der Waals surface area contributed by atoms with Crippen LogP contribution < -0.4 is 5.32 Å². The summed E-state index contributed by atoms with van der Waals surface area (Å²) < 4.78 is 0. The number of benzene rings is 1. The van der Waals surface area contributed by atoms with Gasteiger partial charge < -0.3 is 10.4 Å². The van der Waals surface area contributed by atoms with Crippen LogP contribution in [-0.2, 0) is 4.79 Å². The number of nitrogens with one attached hydrogen (secondary N) is 1. The molecule has 1 aromatic carbocycles. The Kier molecular flexibility index (Phi) is 7.13. The maximum Gasteiger partial charge on any atom is 0.224 e. The van der Waals surface area contributed by atoms with Crippen LogP contribution in [0, 0.1) is 13.8 Å². The molecule has 0 radical (unpaired) electrons. The van der Waals surface area contributed by atoms with Gasteiger partial charge in [-0.25, -0.2) is 0 Å². The minimum Gasteiger partial charge on any atom is -0.508 e. The van der Waals surface area contributed by atoms with E-state index in [9.17, 15) is 9.90 Å². The van der Waals surface area contributed by atoms with Crippen molar-refractivity contribution in [1.29, 1.82) is 0 Å². The summed E-state index contributed by atoms with van der Waals surface area (Å²) in [4.78, 5) is 11.9. The summed E-state index contributed by atoms with van der Waals surface area (Å²) in [7, 11) is 0. The molecule has 1 rings (SSSR count). The molecule has 0 heterocycles. The first-order valence-electron chi connectivity index (χ1n) is 7.64. The maximum absolute atomic E-state index is 11.9. The molecule has 0 saturated carbocycles. The SMILES string of the molecule is CCCCCCCCC(=O)Nc1cc(C)c(O)cc1C. The highest BCUT2D eigenvalue weighted by Gasteiger charge is 2.07. The molecule has 0 unspecified atom stereocenters. The van der Waals surface area contributed by atoms with Gasteiger partial charge in [-0.2, -0.15) is 0 Å². The van der Waals surface area contributed by atoms with E-state index in [1.807, 2.05) is 19.9 Å². The normalized spacial score (nSPS) is 10.6. The summed E-state index contributed by atoms with van der Waals surface area (Å²) in [5, 5.41) is 12.5. The molecule has 3 heteroatoms. The van der Waals surface area contributed by atoms with Crippen LogP contribution in [0.1, 0.15) is 63.0 Å². The topological polar surface area (TPSA) is 49.3 Å². The molecule has 2 N–H and O–H groups in total. The van der Waals surface area contributed by atoms with E-state index in [2.05, 4.69) is 12.2 Å². The predicted octanol–water partition coefficient (Wildman–Crippen LogP) is 4.70. The van der Waals surface area contributed by atoms with E-state index in [1.165, 1.54) is 25.7 Å². The average Bonchev–Trinajstić information content (AvgIpc) is 2.40. The first-order valence-corrected chi connectivity index (χ1v) is 7.64. The van der Waals surface area contributed by atoms with Crippen LogP contribution in [0.15, 0.2) is 12.1 Å². The molecule has 0 aliphatic carbocycles. The van der Waals surface area contributed by atoms with Crippen LogP contribution in [0.5, 0.6) is 5.75 Å². The first-order chi connectivity index (χ1) is 9.54. The highest BCUT2D eigenvalue weighted by molar-refractivity contribution is 5.91. The molecule has 3 nitrogen and oxygen atoms in total. The van der Waals surface area contributed by atoms with E-state index in [0.29, 0.717) is 6.42 Å². The van der Waals surface area contributed by atoms with Crippen molar-refractivity contribution in [2.24, 2.45) is 0 Å². The molecular weight excluding hydrogens is 250 g/mol. The molecule has 112 valence electrons. The zero-order valence-corrected chi connectivity index (χ0v) is 13.0. The number of anilines is 1. The number of amides is 1. The van der Waals surface area contributed by atoms with Crippen molar-refractivity contribution in [2.45, 2.75) is 65.7 Å². The van der Waals surface area contributed by atoms with Crippen molar-refractivity contribution in [3.8, 4) is 5.75 Å². The quantitative estimate of drug-likeness (QED) is 0.534. The Hall–Kier alpha value is -1.51. The number of aromatic hydroxyl groups is 1. The van der Waals surface area contributed by atoms with Crippen LogP contribution >= 0.6 is 0 Å². The largest absolute Gasteiger partial charge is 0.508 e. The highest BCUT2D eigenvalue weighted by Crippen LogP contribution is 2.25. The van der Waals surface area contributed by atoms with E-state index >= 15 is 0 Å². The number of rotatable bonds is 8. The van der Waals surface area contributed by atoms with E-state index < -0.39 is 0 Å². The Balaban J connectivity index is 2.34. The molecule has 0 aliphatic rings. The van der Waals surface area contributed by atoms with Gasteiger partial charge in [0.2, 0.25) is 5.91 Å². The average molecular weight is 277 g/mol. The lowest BCUT2D eigenvalue weighted by molar-refractivity contribution is -0.116. The highest BCUT2D eigenvalue weighted by atomic mass is 16.3. The minimum atomic E-state index is 0.0636. The number of hydrogen-bond donors (Lipinski definition) is 2. The van der Waals surface area contributed by atoms with E-state index in [1.54, 1.807) is 6.07 Å². The van der Waals surface area contributed by atoms with Crippen molar-refractivity contribution in [3.05, 3.63) is 23.3 Å². The minimum absolute atomic E-state index is 0.0636. The molecule has 0 aliphatic heterocycles. The predicted molar refractivity (Wildman–Crippen MR) is 84.2 cm³/mol. The molecule has 0 aromatic heterocycles. The third-order valence-electron chi connectivity index (χ3n) is 3.57. The van der Waals surface area contributed by atoms with Crippen molar-refractivity contribution >= 4 is 11.6 Å². The molecule has 0 saturated heterocycles. The molecule has 0 fully saturated rings. The van der Waals surface area contributed by atoms with Crippen LogP contribution in [0.4, 0.5) is 5.69 Å². The molecule has 1 amide bonds. The summed E-state index contributed by atoms with van der Waals surface area (Å²) in [6, 6.07) is 3.51. The fourth-order valence-electron chi connectivity index (χ4n) is 2.21. The molecule has 0 atom stereocenters. The third-order valence-corrected chi connectivity index (χ3v) is 3.57. The number of phenolic OH excluding ortho intramolecular Hbond substituents is 1. The molecule has 1 aromatic rings. The van der Waals surface area contributed by atoms with Gasteiger partial charge >= 0.3 is 0 Å². The Labute approximate surface area is 122 Å². The van der Waals surface area contributed by atoms with Crippen LogP contribution in [0.2, 0.25) is 0 Å². The summed E-state index contributed by atoms with van der Waals surface area (Å²) >= 11 is 0. The summed E-state index contributed by atoms with van der Waals surface area (Å²) in [6.45, 7) is 5.92. The summed E-state index contributed by atoms with van der Waals surface area (Å²) in [6.07, 6.45) is 7.68. The van der Waals surface area contributed by atoms with Gasteiger partial charge in [0.1, 0.15) is 5.75 Å². The number of carbonyl (C=O) groups excluding carboxylic acids is 1. The van der Waals surface area contributed by atoms with Gasteiger partial charge in [0.25, 0.3) is 0 Å². The second-order valence-corrected chi connectivity index (χ2v) is 5.52. The lowest BCUT2D eigenvalue weighted by atomic mass is 10.1. The summed E-state index contributed by atoms with van der Waals surface area (Å²) in [5.41, 5.74) is 2.48. The van der Waals surface area contributed by atoms with Crippen molar-refractivity contribution in [1.82, 2.24) is 0 Å². The Morgan fingerprint density at radius 3 is 2.40 bits per heavy atom.